The number of aryl methyl sites for hydroxylation is 1. The second-order valence-electron chi connectivity index (χ2n) is 5.88. The lowest BCUT2D eigenvalue weighted by Crippen LogP contribution is -2.13. The number of pyridine rings is 1. The van der Waals surface area contributed by atoms with E-state index in [-0.39, 0.29) is 11.7 Å². The Morgan fingerprint density at radius 3 is 2.79 bits per heavy atom. The first kappa shape index (κ1) is 16.2. The van der Waals surface area contributed by atoms with Crippen LogP contribution in [0.2, 0.25) is 0 Å². The number of halogens is 1. The van der Waals surface area contributed by atoms with Crippen LogP contribution in [0.3, 0.4) is 0 Å². The molecule has 1 amide bonds. The molecule has 0 aliphatic heterocycles. The number of unbranched alkanes of at least 4 members (excludes halogenated alkanes) is 1. The predicted octanol–water partition coefficient (Wildman–Crippen LogP) is 4.58. The highest BCUT2D eigenvalue weighted by Gasteiger charge is 2.18. The maximum absolute atomic E-state index is 14.2. The van der Waals surface area contributed by atoms with Crippen LogP contribution in [0.5, 0.6) is 0 Å². The fourth-order valence-corrected chi connectivity index (χ4v) is 2.64. The van der Waals surface area contributed by atoms with Gasteiger partial charge in [-0.2, -0.15) is 0 Å². The molecule has 0 bridgehead atoms. The van der Waals surface area contributed by atoms with Crippen LogP contribution in [0.4, 0.5) is 10.2 Å². The summed E-state index contributed by atoms with van der Waals surface area (Å²) in [5, 5.41) is 2.92. The van der Waals surface area contributed by atoms with Gasteiger partial charge in [0.15, 0.2) is 0 Å². The highest BCUT2D eigenvalue weighted by atomic mass is 19.1. The monoisotopic (exact) mass is 325 g/mol. The van der Waals surface area contributed by atoms with Crippen LogP contribution >= 0.6 is 0 Å². The molecule has 0 aliphatic carbocycles. The zero-order valence-corrected chi connectivity index (χ0v) is 13.8. The molecule has 5 heteroatoms. The van der Waals surface area contributed by atoms with Crippen molar-refractivity contribution in [3.63, 3.8) is 0 Å². The molecule has 1 N–H and O–H groups in total. The minimum Gasteiger partial charge on any atom is -0.310 e. The number of hydrogen-bond acceptors (Lipinski definition) is 2. The van der Waals surface area contributed by atoms with Gasteiger partial charge in [0.05, 0.1) is 0 Å². The Morgan fingerprint density at radius 1 is 1.25 bits per heavy atom. The molecule has 0 fully saturated rings. The van der Waals surface area contributed by atoms with Gasteiger partial charge in [-0.1, -0.05) is 31.5 Å². The van der Waals surface area contributed by atoms with Crippen molar-refractivity contribution in [3.05, 3.63) is 54.0 Å². The quantitative estimate of drug-likeness (QED) is 0.746. The van der Waals surface area contributed by atoms with Crippen molar-refractivity contribution in [2.45, 2.75) is 33.1 Å². The number of nitrogens with zero attached hydrogens (tertiary/aromatic N) is 2. The van der Waals surface area contributed by atoms with Crippen LogP contribution in [0.1, 0.15) is 31.7 Å². The molecular weight excluding hydrogens is 305 g/mol. The Balaban J connectivity index is 2.12. The standard InChI is InChI=1S/C19H20FN3O/c1-3-4-9-17(24)22-19-18(14-7-5-6-8-15(14)20)21-16-11-10-13(2)12-23(16)19/h5-8,10-12H,3-4,9H2,1-2H3,(H,22,24). The van der Waals surface area contributed by atoms with E-state index in [4.69, 9.17) is 0 Å². The smallest absolute Gasteiger partial charge is 0.225 e. The summed E-state index contributed by atoms with van der Waals surface area (Å²) in [4.78, 5) is 16.7. The van der Waals surface area contributed by atoms with Crippen LogP contribution in [0.25, 0.3) is 16.9 Å². The lowest BCUT2D eigenvalue weighted by atomic mass is 10.1. The number of hydrogen-bond donors (Lipinski definition) is 1. The van der Waals surface area contributed by atoms with E-state index in [1.165, 1.54) is 6.07 Å². The molecule has 2 heterocycles. The van der Waals surface area contributed by atoms with Gasteiger partial charge >= 0.3 is 0 Å². The number of rotatable bonds is 5. The van der Waals surface area contributed by atoms with E-state index in [2.05, 4.69) is 10.3 Å². The van der Waals surface area contributed by atoms with Crippen molar-refractivity contribution >= 4 is 17.4 Å². The van der Waals surface area contributed by atoms with Gasteiger partial charge in [0.25, 0.3) is 0 Å². The van der Waals surface area contributed by atoms with Gasteiger partial charge in [-0.3, -0.25) is 9.20 Å². The minimum atomic E-state index is -0.360. The van der Waals surface area contributed by atoms with Crippen molar-refractivity contribution in [2.24, 2.45) is 0 Å². The minimum absolute atomic E-state index is 0.0854. The summed E-state index contributed by atoms with van der Waals surface area (Å²) in [5.41, 5.74) is 2.53. The van der Waals surface area contributed by atoms with Gasteiger partial charge < -0.3 is 5.32 Å². The molecule has 1 aromatic carbocycles. The first-order chi connectivity index (χ1) is 11.6. The van der Waals surface area contributed by atoms with E-state index in [1.807, 2.05) is 32.2 Å². The Hall–Kier alpha value is -2.69. The summed E-state index contributed by atoms with van der Waals surface area (Å²) < 4.78 is 16.0. The Labute approximate surface area is 140 Å². The van der Waals surface area contributed by atoms with E-state index in [9.17, 15) is 9.18 Å². The molecule has 0 aliphatic rings. The van der Waals surface area contributed by atoms with E-state index in [0.29, 0.717) is 29.1 Å². The Bertz CT molecular complexity index is 885. The summed E-state index contributed by atoms with van der Waals surface area (Å²) >= 11 is 0. The van der Waals surface area contributed by atoms with Crippen molar-refractivity contribution in [1.82, 2.24) is 9.38 Å². The van der Waals surface area contributed by atoms with E-state index < -0.39 is 0 Å². The summed E-state index contributed by atoms with van der Waals surface area (Å²) in [6.45, 7) is 4.00. The fraction of sp³-hybridized carbons (Fsp3) is 0.263. The van der Waals surface area contributed by atoms with Crippen molar-refractivity contribution < 1.29 is 9.18 Å². The van der Waals surface area contributed by atoms with Crippen LogP contribution in [0.15, 0.2) is 42.6 Å². The zero-order valence-electron chi connectivity index (χ0n) is 13.8. The van der Waals surface area contributed by atoms with Crippen LogP contribution in [-0.2, 0) is 4.79 Å². The molecule has 0 spiro atoms. The number of carbonyl (C=O) groups excluding carboxylic acids is 1. The molecule has 0 atom stereocenters. The summed E-state index contributed by atoms with van der Waals surface area (Å²) in [6, 6.07) is 10.3. The predicted molar refractivity (Wildman–Crippen MR) is 93.5 cm³/mol. The maximum Gasteiger partial charge on any atom is 0.225 e. The third kappa shape index (κ3) is 3.15. The molecule has 0 saturated carbocycles. The SMILES string of the molecule is CCCCC(=O)Nc1c(-c2ccccc2F)nc2ccc(C)cn12. The summed E-state index contributed by atoms with van der Waals surface area (Å²) in [5.74, 6) is 0.0688. The average molecular weight is 325 g/mol. The van der Waals surface area contributed by atoms with Crippen LogP contribution in [-0.4, -0.2) is 15.3 Å². The molecule has 2 aromatic heterocycles. The first-order valence-corrected chi connectivity index (χ1v) is 8.13. The molecule has 0 saturated heterocycles. The third-order valence-electron chi connectivity index (χ3n) is 3.91. The highest BCUT2D eigenvalue weighted by Crippen LogP contribution is 2.31. The summed E-state index contributed by atoms with van der Waals surface area (Å²) in [6.07, 6.45) is 4.09. The van der Waals surface area contributed by atoms with Gasteiger partial charge in [-0.05, 0) is 37.1 Å². The van der Waals surface area contributed by atoms with E-state index in [1.54, 1.807) is 22.6 Å². The van der Waals surface area contributed by atoms with Gasteiger partial charge in [0.2, 0.25) is 5.91 Å². The number of imidazole rings is 1. The number of benzene rings is 1. The van der Waals surface area contributed by atoms with Gasteiger partial charge in [-0.25, -0.2) is 9.37 Å². The van der Waals surface area contributed by atoms with E-state index >= 15 is 0 Å². The lowest BCUT2D eigenvalue weighted by Gasteiger charge is -2.08. The summed E-state index contributed by atoms with van der Waals surface area (Å²) in [7, 11) is 0. The molecule has 0 radical (unpaired) electrons. The van der Waals surface area contributed by atoms with E-state index in [0.717, 1.165) is 18.4 Å². The van der Waals surface area contributed by atoms with Gasteiger partial charge in [0, 0.05) is 18.2 Å². The lowest BCUT2D eigenvalue weighted by molar-refractivity contribution is -0.116. The second kappa shape index (κ2) is 6.83. The molecule has 4 nitrogen and oxygen atoms in total. The largest absolute Gasteiger partial charge is 0.310 e. The number of aromatic nitrogens is 2. The number of nitrogens with one attached hydrogen (secondary N) is 1. The molecular formula is C19H20FN3O. The van der Waals surface area contributed by atoms with Gasteiger partial charge in [-0.15, -0.1) is 0 Å². The number of fused-ring (bicyclic) bond motifs is 1. The number of anilines is 1. The molecule has 24 heavy (non-hydrogen) atoms. The molecule has 3 aromatic rings. The van der Waals surface area contributed by atoms with Crippen molar-refractivity contribution in [2.75, 3.05) is 5.32 Å². The van der Waals surface area contributed by atoms with Crippen molar-refractivity contribution in [1.29, 1.82) is 0 Å². The third-order valence-corrected chi connectivity index (χ3v) is 3.91. The maximum atomic E-state index is 14.2. The van der Waals surface area contributed by atoms with Crippen molar-refractivity contribution in [3.8, 4) is 11.3 Å². The van der Waals surface area contributed by atoms with Crippen LogP contribution in [0, 0.1) is 12.7 Å². The molecule has 124 valence electrons. The molecule has 3 rings (SSSR count). The van der Waals surface area contributed by atoms with Crippen LogP contribution < -0.4 is 5.32 Å². The first-order valence-electron chi connectivity index (χ1n) is 8.13. The highest BCUT2D eigenvalue weighted by molar-refractivity contribution is 5.94. The Kier molecular flexibility index (Phi) is 4.60. The van der Waals surface area contributed by atoms with Gasteiger partial charge in [0.1, 0.15) is 23.0 Å². The molecule has 0 unspecified atom stereocenters. The zero-order chi connectivity index (χ0) is 17.1. The number of carbonyl (C=O) groups is 1. The average Bonchev–Trinajstić information content (AvgIpc) is 2.91. The second-order valence-corrected chi connectivity index (χ2v) is 5.88. The number of amides is 1. The topological polar surface area (TPSA) is 46.4 Å². The fourth-order valence-electron chi connectivity index (χ4n) is 2.64. The Morgan fingerprint density at radius 2 is 2.04 bits per heavy atom. The normalized spacial score (nSPS) is 11.0.